The summed E-state index contributed by atoms with van der Waals surface area (Å²) < 4.78 is 11.6. The third-order valence-electron chi connectivity index (χ3n) is 5.61. The van der Waals surface area contributed by atoms with Gasteiger partial charge in [0.1, 0.15) is 11.6 Å². The van der Waals surface area contributed by atoms with Crippen LogP contribution in [-0.2, 0) is 6.42 Å². The number of nitrogens with zero attached hydrogens (tertiary/aromatic N) is 6. The number of piperidine rings is 1. The zero-order valence-corrected chi connectivity index (χ0v) is 17.9. The lowest BCUT2D eigenvalue weighted by atomic mass is 9.98. The fraction of sp³-hybridized carbons (Fsp3) is 0.292. The molecule has 0 saturated carbocycles. The van der Waals surface area contributed by atoms with E-state index < -0.39 is 0 Å². The van der Waals surface area contributed by atoms with Crippen molar-refractivity contribution in [1.82, 2.24) is 25.1 Å². The maximum atomic E-state index is 5.95. The predicted octanol–water partition coefficient (Wildman–Crippen LogP) is 4.66. The van der Waals surface area contributed by atoms with Crippen LogP contribution in [0.25, 0.3) is 11.4 Å². The van der Waals surface area contributed by atoms with Gasteiger partial charge in [0.05, 0.1) is 12.1 Å². The van der Waals surface area contributed by atoms with Crippen LogP contribution in [-0.4, -0.2) is 38.2 Å². The maximum absolute atomic E-state index is 5.95. The van der Waals surface area contributed by atoms with E-state index in [-0.39, 0.29) is 5.92 Å². The molecule has 1 atom stereocenters. The highest BCUT2D eigenvalue weighted by atomic mass is 16.5. The maximum Gasteiger partial charge on any atom is 0.231 e. The molecule has 0 spiro atoms. The molecule has 8 nitrogen and oxygen atoms in total. The largest absolute Gasteiger partial charge is 0.439 e. The van der Waals surface area contributed by atoms with E-state index in [4.69, 9.17) is 9.26 Å². The van der Waals surface area contributed by atoms with Crippen molar-refractivity contribution >= 4 is 5.82 Å². The van der Waals surface area contributed by atoms with E-state index in [2.05, 4.69) is 43.0 Å². The number of hydrogen-bond donors (Lipinski definition) is 0. The Morgan fingerprint density at radius 3 is 2.97 bits per heavy atom. The van der Waals surface area contributed by atoms with Gasteiger partial charge in [-0.15, -0.1) is 0 Å². The molecule has 1 aliphatic heterocycles. The summed E-state index contributed by atoms with van der Waals surface area (Å²) in [6.07, 6.45) is 9.86. The van der Waals surface area contributed by atoms with Crippen molar-refractivity contribution in [2.24, 2.45) is 0 Å². The minimum absolute atomic E-state index is 0.154. The lowest BCUT2D eigenvalue weighted by Gasteiger charge is -2.31. The molecule has 3 aromatic heterocycles. The third-order valence-corrected chi connectivity index (χ3v) is 5.61. The van der Waals surface area contributed by atoms with Crippen molar-refractivity contribution in [2.75, 3.05) is 18.0 Å². The van der Waals surface area contributed by atoms with E-state index in [0.29, 0.717) is 17.6 Å². The van der Waals surface area contributed by atoms with Crippen molar-refractivity contribution in [3.63, 3.8) is 0 Å². The second-order valence-electron chi connectivity index (χ2n) is 7.79. The van der Waals surface area contributed by atoms with Gasteiger partial charge >= 0.3 is 0 Å². The Morgan fingerprint density at radius 2 is 2.09 bits per heavy atom. The Kier molecular flexibility index (Phi) is 5.74. The van der Waals surface area contributed by atoms with Gasteiger partial charge in [-0.2, -0.15) is 4.98 Å². The molecule has 0 amide bonds. The molecular weight excluding hydrogens is 404 g/mol. The van der Waals surface area contributed by atoms with Crippen molar-refractivity contribution in [3.05, 3.63) is 72.6 Å². The molecule has 162 valence electrons. The van der Waals surface area contributed by atoms with Crippen LogP contribution in [0.5, 0.6) is 11.6 Å². The van der Waals surface area contributed by atoms with Gasteiger partial charge in [0.25, 0.3) is 0 Å². The summed E-state index contributed by atoms with van der Waals surface area (Å²) >= 11 is 0. The molecule has 1 aromatic carbocycles. The number of anilines is 1. The van der Waals surface area contributed by atoms with Crippen molar-refractivity contribution in [2.45, 2.75) is 32.1 Å². The molecule has 1 aliphatic rings. The summed E-state index contributed by atoms with van der Waals surface area (Å²) in [5.74, 6) is 3.46. The van der Waals surface area contributed by atoms with Gasteiger partial charge in [-0.05, 0) is 43.0 Å². The SMILES string of the molecule is CCc1cccc(Oc2cc(-c3noc(C4CCCN(c5cnccn5)C4)n3)ccn2)c1. The smallest absolute Gasteiger partial charge is 0.231 e. The Bertz CT molecular complexity index is 1180. The van der Waals surface area contributed by atoms with Gasteiger partial charge in [0.2, 0.25) is 17.6 Å². The van der Waals surface area contributed by atoms with Gasteiger partial charge in [-0.3, -0.25) is 4.98 Å². The van der Waals surface area contributed by atoms with Gasteiger partial charge in [-0.25, -0.2) is 9.97 Å². The number of aryl methyl sites for hydroxylation is 1. The number of hydrogen-bond acceptors (Lipinski definition) is 8. The average molecular weight is 428 g/mol. The standard InChI is InChI=1S/C24H24N6O2/c1-2-17-5-3-7-20(13-17)31-22-14-18(8-9-27-22)23-28-24(32-29-23)19-6-4-12-30(16-19)21-15-25-10-11-26-21/h3,5,7-11,13-15,19H,2,4,6,12,16H2,1H3. The van der Waals surface area contributed by atoms with E-state index in [1.54, 1.807) is 24.8 Å². The summed E-state index contributed by atoms with van der Waals surface area (Å²) in [7, 11) is 0. The zero-order chi connectivity index (χ0) is 21.8. The second-order valence-corrected chi connectivity index (χ2v) is 7.79. The van der Waals surface area contributed by atoms with E-state index in [0.717, 1.165) is 49.5 Å². The third kappa shape index (κ3) is 4.44. The first-order valence-electron chi connectivity index (χ1n) is 10.9. The van der Waals surface area contributed by atoms with Crippen LogP contribution in [0.1, 0.15) is 37.1 Å². The van der Waals surface area contributed by atoms with Crippen LogP contribution in [0.3, 0.4) is 0 Å². The molecule has 0 bridgehead atoms. The first-order chi connectivity index (χ1) is 15.8. The molecule has 0 aliphatic carbocycles. The van der Waals surface area contributed by atoms with Crippen LogP contribution < -0.4 is 9.64 Å². The number of benzene rings is 1. The van der Waals surface area contributed by atoms with Crippen molar-refractivity contribution in [3.8, 4) is 23.0 Å². The molecule has 0 N–H and O–H groups in total. The first-order valence-corrected chi connectivity index (χ1v) is 10.9. The van der Waals surface area contributed by atoms with E-state index in [1.807, 2.05) is 30.3 Å². The monoisotopic (exact) mass is 428 g/mol. The number of rotatable bonds is 6. The van der Waals surface area contributed by atoms with Gasteiger partial charge in [-0.1, -0.05) is 24.2 Å². The molecule has 1 fully saturated rings. The Balaban J connectivity index is 1.31. The van der Waals surface area contributed by atoms with Crippen LogP contribution in [0.4, 0.5) is 5.82 Å². The molecule has 1 unspecified atom stereocenters. The minimum atomic E-state index is 0.154. The average Bonchev–Trinajstić information content (AvgIpc) is 3.36. The highest BCUT2D eigenvalue weighted by Gasteiger charge is 2.27. The fourth-order valence-electron chi connectivity index (χ4n) is 3.91. The lowest BCUT2D eigenvalue weighted by molar-refractivity contribution is 0.333. The Morgan fingerprint density at radius 1 is 1.12 bits per heavy atom. The number of aromatic nitrogens is 5. The van der Waals surface area contributed by atoms with E-state index in [1.165, 1.54) is 5.56 Å². The minimum Gasteiger partial charge on any atom is -0.439 e. The van der Waals surface area contributed by atoms with Crippen LogP contribution in [0, 0.1) is 0 Å². The van der Waals surface area contributed by atoms with Crippen LogP contribution in [0.15, 0.2) is 65.7 Å². The van der Waals surface area contributed by atoms with E-state index >= 15 is 0 Å². The molecule has 4 heterocycles. The van der Waals surface area contributed by atoms with Crippen LogP contribution >= 0.6 is 0 Å². The molecule has 0 radical (unpaired) electrons. The van der Waals surface area contributed by atoms with Crippen molar-refractivity contribution in [1.29, 1.82) is 0 Å². The van der Waals surface area contributed by atoms with Gasteiger partial charge < -0.3 is 14.2 Å². The lowest BCUT2D eigenvalue weighted by Crippen LogP contribution is -2.35. The highest BCUT2D eigenvalue weighted by molar-refractivity contribution is 5.55. The topological polar surface area (TPSA) is 90.1 Å². The molecular formula is C24H24N6O2. The molecule has 5 rings (SSSR count). The zero-order valence-electron chi connectivity index (χ0n) is 17.9. The van der Waals surface area contributed by atoms with E-state index in [9.17, 15) is 0 Å². The second kappa shape index (κ2) is 9.13. The van der Waals surface area contributed by atoms with Gasteiger partial charge in [0.15, 0.2) is 0 Å². The summed E-state index contributed by atoms with van der Waals surface area (Å²) in [5.41, 5.74) is 2.02. The predicted molar refractivity (Wildman–Crippen MR) is 120 cm³/mol. The number of ether oxygens (including phenoxy) is 1. The summed E-state index contributed by atoms with van der Waals surface area (Å²) in [6, 6.07) is 11.7. The summed E-state index contributed by atoms with van der Waals surface area (Å²) in [5, 5.41) is 4.22. The summed E-state index contributed by atoms with van der Waals surface area (Å²) in [4.78, 5) is 19.8. The fourth-order valence-corrected chi connectivity index (χ4v) is 3.91. The molecule has 4 aromatic rings. The number of pyridine rings is 1. The van der Waals surface area contributed by atoms with Crippen molar-refractivity contribution < 1.29 is 9.26 Å². The Labute approximate surface area is 186 Å². The highest BCUT2D eigenvalue weighted by Crippen LogP contribution is 2.30. The van der Waals surface area contributed by atoms with Gasteiger partial charge in [0, 0.05) is 43.3 Å². The molecule has 1 saturated heterocycles. The van der Waals surface area contributed by atoms with Crippen LogP contribution in [0.2, 0.25) is 0 Å². The normalized spacial score (nSPS) is 16.2. The quantitative estimate of drug-likeness (QED) is 0.438. The summed E-state index contributed by atoms with van der Waals surface area (Å²) in [6.45, 7) is 3.84. The molecule has 8 heteroatoms. The first kappa shape index (κ1) is 20.1. The Hall–Kier alpha value is -3.81. The molecule has 32 heavy (non-hydrogen) atoms.